The van der Waals surface area contributed by atoms with E-state index in [0.717, 1.165) is 24.7 Å². The molecular formula is C23H38O4. The molecule has 154 valence electrons. The Morgan fingerprint density at radius 3 is 1.93 bits per heavy atom. The van der Waals surface area contributed by atoms with Gasteiger partial charge in [0.25, 0.3) is 0 Å². The lowest BCUT2D eigenvalue weighted by molar-refractivity contribution is -0.232. The molecule has 4 aliphatic rings. The van der Waals surface area contributed by atoms with Gasteiger partial charge in [-0.1, -0.05) is 20.8 Å². The molecule has 4 fully saturated rings. The molecule has 0 amide bonds. The molecule has 0 radical (unpaired) electrons. The maximum absolute atomic E-state index is 12.8. The molecule has 0 saturated heterocycles. The molecular weight excluding hydrogens is 340 g/mol. The quantitative estimate of drug-likeness (QED) is 0.549. The Morgan fingerprint density at radius 1 is 0.963 bits per heavy atom. The van der Waals surface area contributed by atoms with E-state index in [1.807, 2.05) is 20.8 Å². The molecule has 0 aromatic rings. The number of rotatable bonds is 8. The van der Waals surface area contributed by atoms with Gasteiger partial charge in [-0.05, 0) is 94.8 Å². The predicted molar refractivity (Wildman–Crippen MR) is 105 cm³/mol. The van der Waals surface area contributed by atoms with Crippen LogP contribution in [0.5, 0.6) is 0 Å². The van der Waals surface area contributed by atoms with E-state index >= 15 is 0 Å². The van der Waals surface area contributed by atoms with Crippen molar-refractivity contribution in [2.24, 2.45) is 35.0 Å². The van der Waals surface area contributed by atoms with Crippen LogP contribution >= 0.6 is 0 Å². The van der Waals surface area contributed by atoms with Gasteiger partial charge in [-0.2, -0.15) is 0 Å². The van der Waals surface area contributed by atoms with E-state index in [1.165, 1.54) is 32.1 Å². The van der Waals surface area contributed by atoms with Crippen molar-refractivity contribution in [1.82, 2.24) is 0 Å². The van der Waals surface area contributed by atoms with Gasteiger partial charge in [0.15, 0.2) is 6.61 Å². The summed E-state index contributed by atoms with van der Waals surface area (Å²) in [4.78, 5) is 25.0. The van der Waals surface area contributed by atoms with Crippen LogP contribution in [0.25, 0.3) is 0 Å². The zero-order chi connectivity index (χ0) is 19.8. The van der Waals surface area contributed by atoms with Gasteiger partial charge in [-0.15, -0.1) is 0 Å². The third kappa shape index (κ3) is 3.65. The molecule has 0 unspecified atom stereocenters. The first-order valence-corrected chi connectivity index (χ1v) is 11.2. The van der Waals surface area contributed by atoms with Crippen LogP contribution in [0, 0.1) is 35.0 Å². The summed E-state index contributed by atoms with van der Waals surface area (Å²) >= 11 is 0. The fraction of sp³-hybridized carbons (Fsp3) is 0.913. The zero-order valence-corrected chi connectivity index (χ0v) is 17.9. The van der Waals surface area contributed by atoms with Crippen molar-refractivity contribution in [1.29, 1.82) is 0 Å². The van der Waals surface area contributed by atoms with Crippen molar-refractivity contribution in [3.05, 3.63) is 0 Å². The summed E-state index contributed by atoms with van der Waals surface area (Å²) in [7, 11) is 0. The molecule has 0 spiro atoms. The van der Waals surface area contributed by atoms with Crippen LogP contribution in [0.15, 0.2) is 0 Å². The van der Waals surface area contributed by atoms with Gasteiger partial charge in [0.05, 0.1) is 5.41 Å². The summed E-state index contributed by atoms with van der Waals surface area (Å²) in [5.74, 6) is 2.38. The van der Waals surface area contributed by atoms with Crippen molar-refractivity contribution in [2.75, 3.05) is 6.61 Å². The highest BCUT2D eigenvalue weighted by molar-refractivity contribution is 5.80. The van der Waals surface area contributed by atoms with Gasteiger partial charge in [-0.25, -0.2) is 4.79 Å². The average Bonchev–Trinajstić information content (AvgIpc) is 2.63. The van der Waals surface area contributed by atoms with E-state index in [9.17, 15) is 9.59 Å². The average molecular weight is 379 g/mol. The highest BCUT2D eigenvalue weighted by atomic mass is 16.6. The molecule has 4 heteroatoms. The lowest BCUT2D eigenvalue weighted by Crippen LogP contribution is -2.63. The molecule has 0 N–H and O–H groups in total. The zero-order valence-electron chi connectivity index (χ0n) is 17.9. The van der Waals surface area contributed by atoms with Crippen LogP contribution in [0.2, 0.25) is 0 Å². The van der Waals surface area contributed by atoms with Gasteiger partial charge in [0, 0.05) is 0 Å². The molecule has 0 aromatic carbocycles. The van der Waals surface area contributed by atoms with Gasteiger partial charge in [0.2, 0.25) is 0 Å². The number of carbonyl (C=O) groups is 2. The molecule has 0 heterocycles. The van der Waals surface area contributed by atoms with Crippen LogP contribution in [-0.2, 0) is 19.1 Å². The normalized spacial score (nSPS) is 34.7. The van der Waals surface area contributed by atoms with Crippen molar-refractivity contribution in [2.45, 2.75) is 91.6 Å². The van der Waals surface area contributed by atoms with Crippen LogP contribution in [0.1, 0.15) is 86.0 Å². The van der Waals surface area contributed by atoms with Gasteiger partial charge in [0.1, 0.15) is 5.60 Å². The van der Waals surface area contributed by atoms with Crippen molar-refractivity contribution in [3.63, 3.8) is 0 Å². The maximum Gasteiger partial charge on any atom is 0.344 e. The van der Waals surface area contributed by atoms with Gasteiger partial charge in [-0.3, -0.25) is 4.79 Å². The molecule has 4 bridgehead atoms. The Kier molecular flexibility index (Phi) is 5.93. The van der Waals surface area contributed by atoms with Crippen molar-refractivity contribution < 1.29 is 19.1 Å². The molecule has 4 nitrogen and oxygen atoms in total. The van der Waals surface area contributed by atoms with Crippen LogP contribution < -0.4 is 0 Å². The Balaban J connectivity index is 1.73. The first kappa shape index (κ1) is 20.7. The monoisotopic (exact) mass is 378 g/mol. The van der Waals surface area contributed by atoms with Crippen LogP contribution in [0.4, 0.5) is 0 Å². The molecule has 4 saturated carbocycles. The Hall–Kier alpha value is -1.06. The van der Waals surface area contributed by atoms with Gasteiger partial charge < -0.3 is 9.47 Å². The minimum absolute atomic E-state index is 0.254. The SMILES string of the molecule is CCC(CC)C1(OC(=O)COC(=O)C(C)(C)CC)C2CC3CC(C2)CC1C3. The summed E-state index contributed by atoms with van der Waals surface area (Å²) in [6.07, 6.45) is 8.97. The first-order chi connectivity index (χ1) is 12.8. The largest absolute Gasteiger partial charge is 0.456 e. The number of hydrogen-bond acceptors (Lipinski definition) is 4. The minimum Gasteiger partial charge on any atom is -0.456 e. The second-order valence-corrected chi connectivity index (χ2v) is 9.96. The number of esters is 2. The first-order valence-electron chi connectivity index (χ1n) is 11.2. The fourth-order valence-corrected chi connectivity index (χ4v) is 6.46. The van der Waals surface area contributed by atoms with E-state index in [1.54, 1.807) is 0 Å². The van der Waals surface area contributed by atoms with Crippen molar-refractivity contribution in [3.8, 4) is 0 Å². The van der Waals surface area contributed by atoms with Gasteiger partial charge >= 0.3 is 11.9 Å². The standard InChI is InChI=1S/C23H38O4/c1-6-17(7-2)23(18-10-15-9-16(12-18)13-19(23)11-15)27-20(24)14-26-21(25)22(4,5)8-3/h15-19H,6-14H2,1-5H3. The summed E-state index contributed by atoms with van der Waals surface area (Å²) in [6.45, 7) is 9.85. The van der Waals surface area contributed by atoms with E-state index < -0.39 is 5.41 Å². The minimum atomic E-state index is -0.560. The third-order valence-corrected chi connectivity index (χ3v) is 8.09. The highest BCUT2D eigenvalue weighted by Crippen LogP contribution is 2.62. The Labute approximate surface area is 164 Å². The number of hydrogen-bond donors (Lipinski definition) is 0. The van der Waals surface area contributed by atoms with E-state index in [2.05, 4.69) is 13.8 Å². The van der Waals surface area contributed by atoms with Crippen LogP contribution in [0.3, 0.4) is 0 Å². The van der Waals surface area contributed by atoms with Crippen LogP contribution in [-0.4, -0.2) is 24.1 Å². The highest BCUT2D eigenvalue weighted by Gasteiger charge is 2.61. The van der Waals surface area contributed by atoms with E-state index in [-0.39, 0.29) is 24.1 Å². The predicted octanol–water partition coefficient (Wildman–Crippen LogP) is 5.14. The summed E-state index contributed by atoms with van der Waals surface area (Å²) < 4.78 is 11.7. The third-order valence-electron chi connectivity index (χ3n) is 8.09. The second kappa shape index (κ2) is 7.75. The van der Waals surface area contributed by atoms with E-state index in [4.69, 9.17) is 9.47 Å². The topological polar surface area (TPSA) is 52.6 Å². The second-order valence-electron chi connectivity index (χ2n) is 9.96. The molecule has 0 atom stereocenters. The molecule has 0 aliphatic heterocycles. The molecule has 4 rings (SSSR count). The summed E-state index contributed by atoms with van der Waals surface area (Å²) in [5.41, 5.74) is -0.892. The lowest BCUT2D eigenvalue weighted by atomic mass is 9.46. The molecule has 0 aromatic heterocycles. The smallest absolute Gasteiger partial charge is 0.344 e. The molecule has 27 heavy (non-hydrogen) atoms. The lowest BCUT2D eigenvalue weighted by Gasteiger charge is -2.62. The van der Waals surface area contributed by atoms with Crippen molar-refractivity contribution >= 4 is 11.9 Å². The van der Waals surface area contributed by atoms with E-state index in [0.29, 0.717) is 24.2 Å². The Bertz CT molecular complexity index is 533. The fourth-order valence-electron chi connectivity index (χ4n) is 6.46. The number of carbonyl (C=O) groups excluding carboxylic acids is 2. The summed E-state index contributed by atoms with van der Waals surface area (Å²) in [6, 6.07) is 0. The molecule has 4 aliphatic carbocycles. The maximum atomic E-state index is 12.8. The number of ether oxygens (including phenoxy) is 2. The Morgan fingerprint density at radius 2 is 1.48 bits per heavy atom. The summed E-state index contributed by atoms with van der Waals surface area (Å²) in [5, 5.41) is 0.